The maximum atomic E-state index is 13.1. The first-order chi connectivity index (χ1) is 14.7. The number of anilines is 1. The van der Waals surface area contributed by atoms with Gasteiger partial charge in [0.15, 0.2) is 22.7 Å². The van der Waals surface area contributed by atoms with E-state index in [1.165, 1.54) is 25.0 Å². The quantitative estimate of drug-likeness (QED) is 0.388. The molecule has 8 nitrogen and oxygen atoms in total. The molecule has 31 heavy (non-hydrogen) atoms. The summed E-state index contributed by atoms with van der Waals surface area (Å²) in [5, 5.41) is 12.1. The number of carbonyl (C=O) groups is 3. The van der Waals surface area contributed by atoms with Crippen LogP contribution in [-0.4, -0.2) is 41.2 Å². The Morgan fingerprint density at radius 1 is 1.23 bits per heavy atom. The number of nitrogens with one attached hydrogen (secondary N) is 1. The molecule has 2 N–H and O–H groups in total. The average Bonchev–Trinajstić information content (AvgIpc) is 2.73. The number of carboxylic acid groups (broad SMARTS) is 1. The maximum absolute atomic E-state index is 13.1. The van der Waals surface area contributed by atoms with Crippen molar-refractivity contribution in [2.24, 2.45) is 0 Å². The molecule has 1 fully saturated rings. The molecule has 2 aromatic carbocycles. The first kappa shape index (κ1) is 22.3. The third-order valence-electron chi connectivity index (χ3n) is 4.36. The fourth-order valence-corrected chi connectivity index (χ4v) is 3.21. The number of halogens is 1. The average molecular weight is 461 g/mol. The number of aliphatic carboxylic acids is 1. The zero-order valence-electron chi connectivity index (χ0n) is 16.4. The van der Waals surface area contributed by atoms with Crippen molar-refractivity contribution in [3.8, 4) is 11.5 Å². The second-order valence-corrected chi connectivity index (χ2v) is 7.23. The highest BCUT2D eigenvalue weighted by Gasteiger charge is 2.35. The molecule has 0 aliphatic carbocycles. The van der Waals surface area contributed by atoms with E-state index in [9.17, 15) is 19.5 Å². The summed E-state index contributed by atoms with van der Waals surface area (Å²) in [5.74, 6) is -2.21. The lowest BCUT2D eigenvalue weighted by Gasteiger charge is -2.29. The number of thiocarbonyl (C=S) groups is 1. The number of hydrogen-bond donors (Lipinski definition) is 2. The van der Waals surface area contributed by atoms with Gasteiger partial charge < -0.3 is 14.6 Å². The number of carbonyl (C=O) groups excluding carboxylic acids is 2. The SMILES string of the molecule is COc1cccc(/C=C2\C(=O)NC(=S)N(c3ccc(Cl)cc3)C2=O)c1O[C@H](C)C(=O)O. The lowest BCUT2D eigenvalue weighted by Crippen LogP contribution is -2.54. The van der Waals surface area contributed by atoms with E-state index in [1.54, 1.807) is 42.5 Å². The summed E-state index contributed by atoms with van der Waals surface area (Å²) < 4.78 is 10.8. The van der Waals surface area contributed by atoms with Gasteiger partial charge in [-0.2, -0.15) is 0 Å². The summed E-state index contributed by atoms with van der Waals surface area (Å²) in [6.07, 6.45) is 0.108. The number of carboxylic acids is 1. The van der Waals surface area contributed by atoms with Crippen LogP contribution in [0.3, 0.4) is 0 Å². The number of methoxy groups -OCH3 is 1. The fraction of sp³-hybridized carbons (Fsp3) is 0.143. The Morgan fingerprint density at radius 3 is 2.52 bits per heavy atom. The monoisotopic (exact) mass is 460 g/mol. The lowest BCUT2D eigenvalue weighted by molar-refractivity contribution is -0.144. The molecule has 2 amide bonds. The minimum absolute atomic E-state index is 0.0731. The summed E-state index contributed by atoms with van der Waals surface area (Å²) >= 11 is 11.1. The van der Waals surface area contributed by atoms with Crippen molar-refractivity contribution in [2.75, 3.05) is 12.0 Å². The summed E-state index contributed by atoms with van der Waals surface area (Å²) in [6, 6.07) is 11.1. The minimum atomic E-state index is -1.19. The molecule has 160 valence electrons. The molecular formula is C21H17ClN2O6S. The topological polar surface area (TPSA) is 105 Å². The van der Waals surface area contributed by atoms with Crippen molar-refractivity contribution in [2.45, 2.75) is 13.0 Å². The number of amides is 2. The second-order valence-electron chi connectivity index (χ2n) is 6.41. The van der Waals surface area contributed by atoms with Crippen molar-refractivity contribution in [3.63, 3.8) is 0 Å². The Hall–Kier alpha value is -3.43. The third kappa shape index (κ3) is 4.68. The van der Waals surface area contributed by atoms with E-state index in [2.05, 4.69) is 5.32 Å². The van der Waals surface area contributed by atoms with E-state index in [-0.39, 0.29) is 27.7 Å². The fourth-order valence-electron chi connectivity index (χ4n) is 2.80. The van der Waals surface area contributed by atoms with Gasteiger partial charge in [0.1, 0.15) is 5.57 Å². The van der Waals surface area contributed by atoms with Gasteiger partial charge in [-0.15, -0.1) is 0 Å². The molecule has 1 saturated heterocycles. The van der Waals surface area contributed by atoms with Crippen LogP contribution in [0, 0.1) is 0 Å². The van der Waals surface area contributed by atoms with Crippen LogP contribution in [0.1, 0.15) is 12.5 Å². The number of benzene rings is 2. The highest BCUT2D eigenvalue weighted by molar-refractivity contribution is 7.80. The third-order valence-corrected chi connectivity index (χ3v) is 4.89. The standard InChI is InChI=1S/C21H17ClN2O6S/c1-11(20(27)28)30-17-12(4-3-5-16(17)29-2)10-15-18(25)23-21(31)24(19(15)26)14-8-6-13(22)7-9-14/h3-11H,1-2H3,(H,27,28)(H,23,25,31)/b15-10+/t11-/m1/s1. The van der Waals surface area contributed by atoms with Crippen LogP contribution < -0.4 is 19.7 Å². The van der Waals surface area contributed by atoms with Crippen molar-refractivity contribution in [1.82, 2.24) is 5.32 Å². The molecule has 1 aliphatic rings. The van der Waals surface area contributed by atoms with Gasteiger partial charge in [-0.05, 0) is 55.5 Å². The molecule has 1 heterocycles. The molecule has 2 aromatic rings. The summed E-state index contributed by atoms with van der Waals surface area (Å²) in [6.45, 7) is 1.35. The van der Waals surface area contributed by atoms with E-state index in [1.807, 2.05) is 0 Å². The lowest BCUT2D eigenvalue weighted by atomic mass is 10.1. The molecule has 0 radical (unpaired) electrons. The Morgan fingerprint density at radius 2 is 1.90 bits per heavy atom. The maximum Gasteiger partial charge on any atom is 0.344 e. The van der Waals surface area contributed by atoms with Crippen LogP contribution in [0.15, 0.2) is 48.0 Å². The Bertz CT molecular complexity index is 1100. The molecule has 0 bridgehead atoms. The van der Waals surface area contributed by atoms with Crippen LogP contribution >= 0.6 is 23.8 Å². The molecule has 1 aliphatic heterocycles. The predicted molar refractivity (Wildman–Crippen MR) is 118 cm³/mol. The van der Waals surface area contributed by atoms with Crippen molar-refractivity contribution >= 4 is 58.5 Å². The molecule has 10 heteroatoms. The van der Waals surface area contributed by atoms with Crippen molar-refractivity contribution in [3.05, 3.63) is 58.6 Å². The van der Waals surface area contributed by atoms with Gasteiger partial charge in [-0.1, -0.05) is 23.7 Å². The largest absolute Gasteiger partial charge is 0.493 e. The number of rotatable bonds is 6. The normalized spacial score (nSPS) is 16.2. The molecule has 0 saturated carbocycles. The number of hydrogen-bond acceptors (Lipinski definition) is 6. The van der Waals surface area contributed by atoms with Crippen LogP contribution in [0.5, 0.6) is 11.5 Å². The molecule has 0 aromatic heterocycles. The summed E-state index contributed by atoms with van der Waals surface area (Å²) in [5.41, 5.74) is 0.492. The molecule has 3 rings (SSSR count). The van der Waals surface area contributed by atoms with Crippen molar-refractivity contribution in [1.29, 1.82) is 0 Å². The van der Waals surface area contributed by atoms with Gasteiger partial charge in [0.05, 0.1) is 12.8 Å². The van der Waals surface area contributed by atoms with Gasteiger partial charge in [-0.25, -0.2) is 4.79 Å². The molecule has 0 unspecified atom stereocenters. The summed E-state index contributed by atoms with van der Waals surface area (Å²) in [7, 11) is 1.39. The number of ether oxygens (including phenoxy) is 2. The van der Waals surface area contributed by atoms with Crippen LogP contribution in [-0.2, 0) is 14.4 Å². The first-order valence-electron chi connectivity index (χ1n) is 8.96. The van der Waals surface area contributed by atoms with Gasteiger partial charge in [-0.3, -0.25) is 19.8 Å². The zero-order chi connectivity index (χ0) is 22.7. The van der Waals surface area contributed by atoms with Crippen LogP contribution in [0.2, 0.25) is 5.02 Å². The van der Waals surface area contributed by atoms with Crippen LogP contribution in [0.4, 0.5) is 5.69 Å². The molecule has 0 spiro atoms. The van der Waals surface area contributed by atoms with Gasteiger partial charge in [0.25, 0.3) is 11.8 Å². The highest BCUT2D eigenvalue weighted by atomic mass is 35.5. The Labute approximate surface area is 188 Å². The van der Waals surface area contributed by atoms with E-state index in [0.29, 0.717) is 10.7 Å². The van der Waals surface area contributed by atoms with E-state index in [4.69, 9.17) is 33.3 Å². The summed E-state index contributed by atoms with van der Waals surface area (Å²) in [4.78, 5) is 38.1. The first-order valence-corrected chi connectivity index (χ1v) is 9.75. The van der Waals surface area contributed by atoms with Crippen molar-refractivity contribution < 1.29 is 29.0 Å². The smallest absolute Gasteiger partial charge is 0.344 e. The minimum Gasteiger partial charge on any atom is -0.493 e. The molecular weight excluding hydrogens is 444 g/mol. The second kappa shape index (κ2) is 9.15. The van der Waals surface area contributed by atoms with E-state index < -0.39 is 23.9 Å². The van der Waals surface area contributed by atoms with Crippen LogP contribution in [0.25, 0.3) is 6.08 Å². The zero-order valence-corrected chi connectivity index (χ0v) is 18.0. The Kier molecular flexibility index (Phi) is 6.57. The van der Waals surface area contributed by atoms with E-state index in [0.717, 1.165) is 0 Å². The predicted octanol–water partition coefficient (Wildman–Crippen LogP) is 3.03. The molecule has 1 atom stereocenters. The highest BCUT2D eigenvalue weighted by Crippen LogP contribution is 2.34. The number of nitrogens with zero attached hydrogens (tertiary/aromatic N) is 1. The number of para-hydroxylation sites is 1. The Balaban J connectivity index is 2.06. The van der Waals surface area contributed by atoms with Gasteiger partial charge in [0, 0.05) is 10.6 Å². The van der Waals surface area contributed by atoms with E-state index >= 15 is 0 Å². The van der Waals surface area contributed by atoms with Gasteiger partial charge in [0.2, 0.25) is 0 Å². The van der Waals surface area contributed by atoms with Gasteiger partial charge >= 0.3 is 5.97 Å².